The Bertz CT molecular complexity index is 677. The molecule has 1 aromatic heterocycles. The van der Waals surface area contributed by atoms with E-state index in [9.17, 15) is 0 Å². The minimum Gasteiger partial charge on any atom is -0.330 e. The molecular formula is C25H44ClN7. The molecule has 0 aliphatic carbocycles. The van der Waals surface area contributed by atoms with E-state index in [1.165, 1.54) is 22.3 Å². The molecule has 0 unspecified atom stereocenters. The summed E-state index contributed by atoms with van der Waals surface area (Å²) in [6.45, 7) is 9.32. The van der Waals surface area contributed by atoms with Crippen molar-refractivity contribution in [2.45, 2.75) is 38.8 Å². The molecule has 0 spiro atoms. The predicted molar refractivity (Wildman–Crippen MR) is 143 cm³/mol. The van der Waals surface area contributed by atoms with Gasteiger partial charge in [0.2, 0.25) is 0 Å². The van der Waals surface area contributed by atoms with E-state index >= 15 is 0 Å². The first kappa shape index (κ1) is 29.5. The molecule has 0 amide bonds. The maximum atomic E-state index is 5.52. The van der Waals surface area contributed by atoms with Gasteiger partial charge in [0.25, 0.3) is 0 Å². The Kier molecular flexibility index (Phi) is 17.7. The first-order valence-corrected chi connectivity index (χ1v) is 12.1. The first-order chi connectivity index (χ1) is 15.8. The maximum absolute atomic E-state index is 5.52. The highest BCUT2D eigenvalue weighted by molar-refractivity contribution is 5.85. The fraction of sp³-hybridized carbons (Fsp3) is 0.560. The Hall–Kier alpha value is -1.58. The van der Waals surface area contributed by atoms with E-state index in [1.807, 2.05) is 12.4 Å². The highest BCUT2D eigenvalue weighted by Crippen LogP contribution is 2.22. The van der Waals surface area contributed by atoms with Crippen molar-refractivity contribution in [1.29, 1.82) is 0 Å². The van der Waals surface area contributed by atoms with Crippen molar-refractivity contribution in [2.24, 2.45) is 11.5 Å². The molecule has 8 heteroatoms. The molecule has 0 radical (unpaired) electrons. The molecule has 0 atom stereocenters. The van der Waals surface area contributed by atoms with Crippen LogP contribution in [-0.4, -0.2) is 57.3 Å². The van der Waals surface area contributed by atoms with Crippen LogP contribution in [0, 0.1) is 0 Å². The number of nitrogens with one attached hydrogen (secondary N) is 4. The number of nitrogens with two attached hydrogens (primary N) is 2. The standard InChI is InChI=1S/C25H43N7.ClH/c26-7-1-9-28-11-3-13-31-20-22-17-23(21-32-14-4-12-29-10-2-8-27)19-25(18-22)24-5-15-30-16-6-24;/h5-6,15-19,28-29,31-32H,1-4,7-14,20-21,26-27H2;1H. The van der Waals surface area contributed by atoms with Crippen molar-refractivity contribution in [3.63, 3.8) is 0 Å². The maximum Gasteiger partial charge on any atom is 0.0273 e. The highest BCUT2D eigenvalue weighted by atomic mass is 35.5. The lowest BCUT2D eigenvalue weighted by atomic mass is 10.00. The molecule has 1 aromatic carbocycles. The second-order valence-corrected chi connectivity index (χ2v) is 8.12. The molecule has 0 aliphatic rings. The zero-order valence-electron chi connectivity index (χ0n) is 20.0. The van der Waals surface area contributed by atoms with E-state index in [0.717, 1.165) is 91.1 Å². The monoisotopic (exact) mass is 477 g/mol. The van der Waals surface area contributed by atoms with Crippen molar-refractivity contribution in [1.82, 2.24) is 26.3 Å². The first-order valence-electron chi connectivity index (χ1n) is 12.1. The van der Waals surface area contributed by atoms with Gasteiger partial charge in [-0.25, -0.2) is 0 Å². The van der Waals surface area contributed by atoms with Gasteiger partial charge in [0, 0.05) is 25.5 Å². The summed E-state index contributed by atoms with van der Waals surface area (Å²) in [6.07, 6.45) is 8.01. The number of hydrogen-bond acceptors (Lipinski definition) is 7. The van der Waals surface area contributed by atoms with Gasteiger partial charge in [0.1, 0.15) is 0 Å². The van der Waals surface area contributed by atoms with Gasteiger partial charge in [-0.2, -0.15) is 0 Å². The fourth-order valence-corrected chi connectivity index (χ4v) is 3.52. The number of nitrogens with zero attached hydrogens (tertiary/aromatic N) is 1. The average molecular weight is 478 g/mol. The lowest BCUT2D eigenvalue weighted by Crippen LogP contribution is -2.24. The zero-order valence-corrected chi connectivity index (χ0v) is 20.8. The Balaban J connectivity index is 0.00000544. The molecular weight excluding hydrogens is 434 g/mol. The van der Waals surface area contributed by atoms with E-state index in [4.69, 9.17) is 11.5 Å². The summed E-state index contributed by atoms with van der Waals surface area (Å²) in [7, 11) is 0. The van der Waals surface area contributed by atoms with Gasteiger partial charge in [-0.3, -0.25) is 4.98 Å². The molecule has 0 saturated carbocycles. The van der Waals surface area contributed by atoms with Crippen LogP contribution in [0.1, 0.15) is 36.8 Å². The summed E-state index contributed by atoms with van der Waals surface area (Å²) in [5.41, 5.74) is 16.1. The summed E-state index contributed by atoms with van der Waals surface area (Å²) in [5, 5.41) is 14.0. The smallest absolute Gasteiger partial charge is 0.0273 e. The van der Waals surface area contributed by atoms with E-state index in [2.05, 4.69) is 56.6 Å². The second kappa shape index (κ2) is 19.9. The minimum atomic E-state index is 0. The van der Waals surface area contributed by atoms with Crippen molar-refractivity contribution in [2.75, 3.05) is 52.4 Å². The summed E-state index contributed by atoms with van der Waals surface area (Å²) in [5.74, 6) is 0. The topological polar surface area (TPSA) is 113 Å². The van der Waals surface area contributed by atoms with Gasteiger partial charge in [-0.15, -0.1) is 12.4 Å². The van der Waals surface area contributed by atoms with Crippen LogP contribution in [0.4, 0.5) is 0 Å². The van der Waals surface area contributed by atoms with Crippen LogP contribution >= 0.6 is 12.4 Å². The van der Waals surface area contributed by atoms with Gasteiger partial charge >= 0.3 is 0 Å². The SMILES string of the molecule is Cl.NCCCNCCCNCc1cc(CNCCCNCCCN)cc(-c2ccncc2)c1. The third-order valence-corrected chi connectivity index (χ3v) is 5.25. The Morgan fingerprint density at radius 1 is 0.576 bits per heavy atom. The lowest BCUT2D eigenvalue weighted by molar-refractivity contribution is 0.583. The van der Waals surface area contributed by atoms with Crippen LogP contribution in [0.25, 0.3) is 11.1 Å². The van der Waals surface area contributed by atoms with Crippen LogP contribution < -0.4 is 32.7 Å². The van der Waals surface area contributed by atoms with E-state index < -0.39 is 0 Å². The molecule has 1 heterocycles. The van der Waals surface area contributed by atoms with Crippen LogP contribution in [0.3, 0.4) is 0 Å². The van der Waals surface area contributed by atoms with Crippen molar-refractivity contribution in [3.05, 3.63) is 53.9 Å². The van der Waals surface area contributed by atoms with Crippen molar-refractivity contribution < 1.29 is 0 Å². The molecule has 0 saturated heterocycles. The summed E-state index contributed by atoms with van der Waals surface area (Å²) in [4.78, 5) is 4.16. The zero-order chi connectivity index (χ0) is 22.7. The molecule has 33 heavy (non-hydrogen) atoms. The van der Waals surface area contributed by atoms with Gasteiger partial charge in [0.05, 0.1) is 0 Å². The average Bonchev–Trinajstić information content (AvgIpc) is 2.83. The second-order valence-electron chi connectivity index (χ2n) is 8.12. The normalized spacial score (nSPS) is 10.8. The van der Waals surface area contributed by atoms with Gasteiger partial charge in [0.15, 0.2) is 0 Å². The quantitative estimate of drug-likeness (QED) is 0.171. The highest BCUT2D eigenvalue weighted by Gasteiger charge is 2.04. The molecule has 0 bridgehead atoms. The van der Waals surface area contributed by atoms with Gasteiger partial charge in [-0.05, 0) is 125 Å². The Morgan fingerprint density at radius 3 is 1.52 bits per heavy atom. The van der Waals surface area contributed by atoms with Crippen molar-refractivity contribution >= 4 is 12.4 Å². The number of aromatic nitrogens is 1. The number of benzene rings is 1. The number of hydrogen-bond donors (Lipinski definition) is 6. The van der Waals surface area contributed by atoms with Crippen LogP contribution in [-0.2, 0) is 13.1 Å². The lowest BCUT2D eigenvalue weighted by Gasteiger charge is -2.12. The molecule has 2 rings (SSSR count). The fourth-order valence-electron chi connectivity index (χ4n) is 3.52. The number of rotatable bonds is 19. The van der Waals surface area contributed by atoms with Crippen LogP contribution in [0.2, 0.25) is 0 Å². The number of pyridine rings is 1. The third kappa shape index (κ3) is 13.7. The summed E-state index contributed by atoms with van der Waals surface area (Å²) in [6, 6.07) is 11.0. The summed E-state index contributed by atoms with van der Waals surface area (Å²) < 4.78 is 0. The number of halogens is 1. The Labute approximate surface area is 206 Å². The molecule has 0 aliphatic heterocycles. The third-order valence-electron chi connectivity index (χ3n) is 5.25. The van der Waals surface area contributed by atoms with E-state index in [1.54, 1.807) is 0 Å². The van der Waals surface area contributed by atoms with Gasteiger partial charge < -0.3 is 32.7 Å². The largest absolute Gasteiger partial charge is 0.330 e. The molecule has 0 fully saturated rings. The molecule has 2 aromatic rings. The molecule has 186 valence electrons. The summed E-state index contributed by atoms with van der Waals surface area (Å²) >= 11 is 0. The molecule has 8 N–H and O–H groups in total. The molecule has 7 nitrogen and oxygen atoms in total. The minimum absolute atomic E-state index is 0. The van der Waals surface area contributed by atoms with E-state index in [-0.39, 0.29) is 12.4 Å². The Morgan fingerprint density at radius 2 is 1.03 bits per heavy atom. The van der Waals surface area contributed by atoms with Crippen molar-refractivity contribution in [3.8, 4) is 11.1 Å². The van der Waals surface area contributed by atoms with Crippen LogP contribution in [0.15, 0.2) is 42.7 Å². The van der Waals surface area contributed by atoms with Crippen LogP contribution in [0.5, 0.6) is 0 Å². The van der Waals surface area contributed by atoms with Gasteiger partial charge in [-0.1, -0.05) is 6.07 Å². The predicted octanol–water partition coefficient (Wildman–Crippen LogP) is 2.01. The van der Waals surface area contributed by atoms with E-state index in [0.29, 0.717) is 0 Å².